The summed E-state index contributed by atoms with van der Waals surface area (Å²) in [6.45, 7) is 13.8. The Bertz CT molecular complexity index is 1990. The summed E-state index contributed by atoms with van der Waals surface area (Å²) in [6.07, 6.45) is -20.5. The lowest BCUT2D eigenvalue weighted by Gasteiger charge is -2.71. The van der Waals surface area contributed by atoms with Gasteiger partial charge in [-0.15, -0.1) is 0 Å². The van der Waals surface area contributed by atoms with Crippen LogP contribution < -0.4 is 0 Å². The molecular formula is C51H82O21. The van der Waals surface area contributed by atoms with Gasteiger partial charge < -0.3 is 99.2 Å². The number of rotatable bonds is 10. The monoisotopic (exact) mass is 1030 g/mol. The third kappa shape index (κ3) is 8.77. The van der Waals surface area contributed by atoms with E-state index in [0.29, 0.717) is 25.7 Å². The topological polar surface area (TPSA) is 334 Å². The minimum atomic E-state index is -1.89. The molecule has 0 spiro atoms. The van der Waals surface area contributed by atoms with Gasteiger partial charge in [-0.2, -0.15) is 0 Å². The second-order valence-electron chi connectivity index (χ2n) is 25.0. The van der Waals surface area contributed by atoms with E-state index in [-0.39, 0.29) is 40.6 Å². The highest BCUT2D eigenvalue weighted by Crippen LogP contribution is 2.76. The average molecular weight is 1030 g/mol. The largest absolute Gasteiger partial charge is 0.481 e. The Labute approximate surface area is 420 Å². The van der Waals surface area contributed by atoms with Crippen molar-refractivity contribution in [1.82, 2.24) is 0 Å². The third-order valence-corrected chi connectivity index (χ3v) is 20.3. The molecule has 4 saturated carbocycles. The summed E-state index contributed by atoms with van der Waals surface area (Å²) < 4.78 is 47.9. The summed E-state index contributed by atoms with van der Waals surface area (Å²) in [5, 5.41) is 130. The quantitative estimate of drug-likeness (QED) is 0.0962. The third-order valence-electron chi connectivity index (χ3n) is 20.3. The number of carbonyl (C=O) groups is 1. The zero-order valence-electron chi connectivity index (χ0n) is 42.5. The predicted molar refractivity (Wildman–Crippen MR) is 247 cm³/mol. The van der Waals surface area contributed by atoms with Gasteiger partial charge in [0.05, 0.1) is 38.6 Å². The number of aliphatic hydroxyl groups is 11. The van der Waals surface area contributed by atoms with Crippen LogP contribution in [0.5, 0.6) is 0 Å². The van der Waals surface area contributed by atoms with Gasteiger partial charge in [-0.05, 0) is 103 Å². The molecule has 5 aliphatic carbocycles. The van der Waals surface area contributed by atoms with Gasteiger partial charge in [0.2, 0.25) is 0 Å². The van der Waals surface area contributed by atoms with Crippen LogP contribution in [0.25, 0.3) is 0 Å². The van der Waals surface area contributed by atoms with Gasteiger partial charge in [-0.1, -0.05) is 60.1 Å². The fraction of sp³-hybridized carbons (Fsp3) is 0.941. The second kappa shape index (κ2) is 19.7. The molecule has 0 aromatic carbocycles. The van der Waals surface area contributed by atoms with E-state index in [1.165, 1.54) is 5.57 Å². The summed E-state index contributed by atoms with van der Waals surface area (Å²) in [6, 6.07) is 0. The zero-order valence-corrected chi connectivity index (χ0v) is 42.5. The Hall–Kier alpha value is -1.55. The maximum Gasteiger partial charge on any atom is 0.312 e. The van der Waals surface area contributed by atoms with Crippen molar-refractivity contribution in [2.24, 2.45) is 50.2 Å². The molecule has 9 rings (SSSR count). The van der Waals surface area contributed by atoms with Crippen molar-refractivity contribution < 1.29 is 104 Å². The molecule has 412 valence electrons. The number of fused-ring (bicyclic) bond motifs is 7. The molecule has 12 N–H and O–H groups in total. The number of hydrogen-bond donors (Lipinski definition) is 12. The fourth-order valence-electron chi connectivity index (χ4n) is 15.9. The first-order chi connectivity index (χ1) is 33.7. The molecule has 4 saturated heterocycles. The van der Waals surface area contributed by atoms with Crippen molar-refractivity contribution >= 4 is 5.97 Å². The molecule has 21 nitrogen and oxygen atoms in total. The lowest BCUT2D eigenvalue weighted by atomic mass is 9.33. The molecule has 9 aliphatic rings. The smallest absolute Gasteiger partial charge is 0.312 e. The molecule has 4 heterocycles. The molecule has 0 radical (unpaired) electrons. The molecule has 4 aliphatic heterocycles. The number of aliphatic hydroxyl groups excluding tert-OH is 11. The SMILES string of the molecule is CC1(C)CC[C@]2(C(=O)O)C(O)C[C@]3(C)C(=CC[C@@H]4[C@@]5(C)CC[C@H](O[C@@H]6OC[C@@H](O)[C@H](O)[C@H]6O[C@@H]6OC[C@@H](O)[C@H](O)[C@H]6O[C@@H]6OC[C@@H](O)[C@H](O[C@@H]7O[C@H](CO)[C@@H](O)[C@H](O)[C@H]7O)[C@H]6O)C(C)(C)[C@@H]5CC[C@]43C)[C@@H]2C1. The first kappa shape index (κ1) is 55.2. The minimum Gasteiger partial charge on any atom is -0.481 e. The molecular weight excluding hydrogens is 949 g/mol. The molecule has 0 aromatic heterocycles. The van der Waals surface area contributed by atoms with E-state index in [1.54, 1.807) is 0 Å². The Morgan fingerprint density at radius 3 is 1.82 bits per heavy atom. The summed E-state index contributed by atoms with van der Waals surface area (Å²) in [5.41, 5.74) is -1.37. The predicted octanol–water partition coefficient (Wildman–Crippen LogP) is -0.581. The molecule has 0 bridgehead atoms. The maximum absolute atomic E-state index is 13.2. The van der Waals surface area contributed by atoms with Gasteiger partial charge in [0, 0.05) is 0 Å². The van der Waals surface area contributed by atoms with Gasteiger partial charge in [0.15, 0.2) is 25.2 Å². The van der Waals surface area contributed by atoms with Crippen LogP contribution in [0.2, 0.25) is 0 Å². The van der Waals surface area contributed by atoms with Crippen LogP contribution in [0.15, 0.2) is 11.6 Å². The highest BCUT2D eigenvalue weighted by atomic mass is 16.8. The summed E-state index contributed by atoms with van der Waals surface area (Å²) in [4.78, 5) is 13.2. The van der Waals surface area contributed by atoms with Gasteiger partial charge in [0.1, 0.15) is 84.8 Å². The van der Waals surface area contributed by atoms with Crippen molar-refractivity contribution in [3.8, 4) is 0 Å². The Morgan fingerprint density at radius 1 is 0.611 bits per heavy atom. The van der Waals surface area contributed by atoms with Crippen molar-refractivity contribution in [2.45, 2.75) is 223 Å². The second-order valence-corrected chi connectivity index (χ2v) is 25.0. The molecule has 1 unspecified atom stereocenters. The van der Waals surface area contributed by atoms with Crippen LogP contribution in [0.3, 0.4) is 0 Å². The van der Waals surface area contributed by atoms with E-state index in [9.17, 15) is 66.1 Å². The Kier molecular flexibility index (Phi) is 15.1. The van der Waals surface area contributed by atoms with Crippen molar-refractivity contribution in [2.75, 3.05) is 26.4 Å². The van der Waals surface area contributed by atoms with Gasteiger partial charge in [-0.25, -0.2) is 0 Å². The summed E-state index contributed by atoms with van der Waals surface area (Å²) >= 11 is 0. The highest BCUT2D eigenvalue weighted by Gasteiger charge is 2.71. The van der Waals surface area contributed by atoms with Gasteiger partial charge in [0.25, 0.3) is 0 Å². The van der Waals surface area contributed by atoms with Gasteiger partial charge in [-0.3, -0.25) is 4.79 Å². The van der Waals surface area contributed by atoms with Gasteiger partial charge >= 0.3 is 5.97 Å². The summed E-state index contributed by atoms with van der Waals surface area (Å²) in [7, 11) is 0. The summed E-state index contributed by atoms with van der Waals surface area (Å²) in [5.74, 6) is -0.803. The van der Waals surface area contributed by atoms with Crippen molar-refractivity contribution in [1.29, 1.82) is 0 Å². The molecule has 0 amide bonds. The van der Waals surface area contributed by atoms with Crippen molar-refractivity contribution in [3.63, 3.8) is 0 Å². The number of hydrogen-bond acceptors (Lipinski definition) is 20. The van der Waals surface area contributed by atoms with E-state index in [2.05, 4.69) is 54.5 Å². The normalized spacial score (nSPS) is 54.3. The van der Waals surface area contributed by atoms with E-state index >= 15 is 0 Å². The molecule has 8 fully saturated rings. The average Bonchev–Trinajstić information content (AvgIpc) is 3.31. The van der Waals surface area contributed by atoms with E-state index < -0.39 is 159 Å². The Balaban J connectivity index is 0.915. The fourth-order valence-corrected chi connectivity index (χ4v) is 15.9. The van der Waals surface area contributed by atoms with Crippen LogP contribution in [-0.2, 0) is 42.7 Å². The molecule has 21 heteroatoms. The number of carboxylic acid groups (broad SMARTS) is 1. The van der Waals surface area contributed by atoms with Crippen LogP contribution in [0, 0.1) is 50.2 Å². The molecule has 0 aromatic rings. The maximum atomic E-state index is 13.2. The number of carboxylic acids is 1. The minimum absolute atomic E-state index is 0.0569. The number of allylic oxidation sites excluding steroid dienone is 2. The molecule has 72 heavy (non-hydrogen) atoms. The van der Waals surface area contributed by atoms with Crippen molar-refractivity contribution in [3.05, 3.63) is 11.6 Å². The highest BCUT2D eigenvalue weighted by molar-refractivity contribution is 5.77. The van der Waals surface area contributed by atoms with Crippen LogP contribution in [0.4, 0.5) is 0 Å². The van der Waals surface area contributed by atoms with E-state index in [4.69, 9.17) is 37.9 Å². The zero-order chi connectivity index (χ0) is 52.4. The number of ether oxygens (including phenoxy) is 8. The Morgan fingerprint density at radius 2 is 1.19 bits per heavy atom. The van der Waals surface area contributed by atoms with Crippen LogP contribution in [0.1, 0.15) is 106 Å². The number of aliphatic carboxylic acids is 1. The van der Waals surface area contributed by atoms with E-state index in [0.717, 1.165) is 32.1 Å². The first-order valence-corrected chi connectivity index (χ1v) is 26.1. The standard InChI is InChI=1S/C51H82O21/c1-46(2)14-15-51(45(63)64)23(16-46)22-8-9-29-48(5)12-11-31(47(3,4)28(48)10-13-49(29,6)50(22,7)17-30(51)56)69-43-39(32(57)24(53)19-66-43)72-44-40(33(58)25(54)20-67-44)71-41-37(62)38(26(55)21-65-41)70-42-36(61)35(60)34(59)27(18-52)68-42/h8,23-44,52-62H,9-21H2,1-7H3,(H,63,64)/t23-,24+,25+,26+,27+,28-,29+,30?,31-,32-,33-,34+,35-,36+,37+,38-,39+,40+,41-,42-,43-,44-,48-,49+,50+,51+/m0/s1. The lowest BCUT2D eigenvalue weighted by Crippen LogP contribution is -2.68. The molecule has 26 atom stereocenters. The van der Waals surface area contributed by atoms with Crippen LogP contribution in [-0.4, -0.2) is 210 Å². The first-order valence-electron chi connectivity index (χ1n) is 26.1. The lowest BCUT2D eigenvalue weighted by molar-refractivity contribution is -0.385. The van der Waals surface area contributed by atoms with Crippen LogP contribution >= 0.6 is 0 Å². The van der Waals surface area contributed by atoms with E-state index in [1.807, 2.05) is 0 Å².